The fraction of sp³-hybridized carbons (Fsp3) is 0.500. The maximum absolute atomic E-state index is 13.7. The van der Waals surface area contributed by atoms with Gasteiger partial charge in [-0.2, -0.15) is 0 Å². The molecule has 0 radical (unpaired) electrons. The number of carbonyl (C=O) groups excluding carboxylic acids is 2. The van der Waals surface area contributed by atoms with Gasteiger partial charge in [-0.3, -0.25) is 9.59 Å². The molecule has 2 fully saturated rings. The third kappa shape index (κ3) is 4.08. The quantitative estimate of drug-likeness (QED) is 0.369. The first-order valence-electron chi connectivity index (χ1n) is 14.0. The summed E-state index contributed by atoms with van der Waals surface area (Å²) >= 11 is 0. The second-order valence-electron chi connectivity index (χ2n) is 12.0. The molecule has 0 unspecified atom stereocenters. The summed E-state index contributed by atoms with van der Waals surface area (Å²) in [5.41, 5.74) is 2.40. The number of aromatic hydroxyl groups is 1. The van der Waals surface area contributed by atoms with Crippen LogP contribution in [0.25, 0.3) is 0 Å². The molecule has 204 valence electrons. The Labute approximate surface area is 230 Å². The third-order valence-corrected chi connectivity index (χ3v) is 9.22. The van der Waals surface area contributed by atoms with E-state index in [-0.39, 0.29) is 41.2 Å². The summed E-state index contributed by atoms with van der Waals surface area (Å²) in [6.07, 6.45) is 3.06. The van der Waals surface area contributed by atoms with Crippen molar-refractivity contribution in [3.8, 4) is 29.1 Å². The monoisotopic (exact) mass is 528 g/mol. The van der Waals surface area contributed by atoms with E-state index in [4.69, 9.17) is 9.47 Å². The zero-order valence-electron chi connectivity index (χ0n) is 23.1. The lowest BCUT2D eigenvalue weighted by Gasteiger charge is -2.60. The molecule has 7 heteroatoms. The molecule has 5 atom stereocenters. The smallest absolute Gasteiger partial charge is 0.308 e. The van der Waals surface area contributed by atoms with Crippen LogP contribution in [-0.2, 0) is 21.4 Å². The molecule has 2 aliphatic carbocycles. The van der Waals surface area contributed by atoms with Crippen LogP contribution in [-0.4, -0.2) is 65.1 Å². The molecule has 4 aliphatic rings. The highest BCUT2D eigenvalue weighted by Gasteiger charge is 2.67. The van der Waals surface area contributed by atoms with Gasteiger partial charge in [-0.15, -0.1) is 0 Å². The van der Waals surface area contributed by atoms with Gasteiger partial charge in [-0.05, 0) is 63.2 Å². The minimum absolute atomic E-state index is 0.00532. The van der Waals surface area contributed by atoms with Gasteiger partial charge in [0.1, 0.15) is 11.9 Å². The summed E-state index contributed by atoms with van der Waals surface area (Å²) in [4.78, 5) is 30.0. The van der Waals surface area contributed by atoms with E-state index >= 15 is 0 Å². The highest BCUT2D eigenvalue weighted by molar-refractivity contribution is 5.94. The van der Waals surface area contributed by atoms with Gasteiger partial charge in [-0.25, -0.2) is 0 Å². The molecular formula is C32H36N2O5. The lowest BCUT2D eigenvalue weighted by molar-refractivity contribution is -0.137. The predicted octanol–water partition coefficient (Wildman–Crippen LogP) is 3.89. The predicted molar refractivity (Wildman–Crippen MR) is 147 cm³/mol. The van der Waals surface area contributed by atoms with Gasteiger partial charge in [0.05, 0.1) is 6.04 Å². The van der Waals surface area contributed by atoms with Gasteiger partial charge in [-0.1, -0.05) is 38.0 Å². The lowest BCUT2D eigenvalue weighted by atomic mass is 9.51. The molecule has 0 aromatic heterocycles. The number of amides is 1. The Kier molecular flexibility index (Phi) is 6.34. The Balaban J connectivity index is 1.45. The molecule has 1 N–H and O–H groups in total. The number of likely N-dealkylation sites (tertiary alicyclic amines) is 1. The van der Waals surface area contributed by atoms with Gasteiger partial charge in [0.2, 0.25) is 0 Å². The molecule has 2 aliphatic heterocycles. The van der Waals surface area contributed by atoms with Crippen LogP contribution < -0.4 is 9.47 Å². The van der Waals surface area contributed by atoms with Crippen molar-refractivity contribution in [2.24, 2.45) is 11.8 Å². The Bertz CT molecular complexity index is 1380. The molecular weight excluding hydrogens is 492 g/mol. The van der Waals surface area contributed by atoms with Crippen LogP contribution in [0.3, 0.4) is 0 Å². The minimum Gasteiger partial charge on any atom is -0.504 e. The van der Waals surface area contributed by atoms with Crippen molar-refractivity contribution >= 4 is 11.9 Å². The number of hydrogen-bond acceptors (Lipinski definition) is 6. The van der Waals surface area contributed by atoms with Crippen molar-refractivity contribution in [1.82, 2.24) is 9.80 Å². The van der Waals surface area contributed by atoms with Crippen LogP contribution in [0.1, 0.15) is 56.7 Å². The standard InChI is InChI=1S/C32H36N2O5/c1-19(2)18-34(28(37)13-10-21-8-6-5-7-9-21)24-12-11-23-25-16-22-27(38-20(3)35)17-26(36)30-29(22)32(23,31(24)39-30)14-15-33(25)4/h5-9,17,19,23-25,31,36H,11-12,14-16,18H2,1-4H3/t23-,24-,25+,31-,32-/m0/s1. The molecule has 2 bridgehead atoms. The fourth-order valence-electron chi connectivity index (χ4n) is 7.81. The Morgan fingerprint density at radius 3 is 2.74 bits per heavy atom. The Morgan fingerprint density at radius 1 is 1.26 bits per heavy atom. The van der Waals surface area contributed by atoms with E-state index in [1.807, 2.05) is 35.2 Å². The number of phenols is 1. The van der Waals surface area contributed by atoms with Gasteiger partial charge >= 0.3 is 5.97 Å². The summed E-state index contributed by atoms with van der Waals surface area (Å²) in [7, 11) is 2.17. The van der Waals surface area contributed by atoms with Gasteiger partial charge in [0, 0.05) is 53.6 Å². The second-order valence-corrected chi connectivity index (χ2v) is 12.0. The van der Waals surface area contributed by atoms with E-state index in [2.05, 4.69) is 37.6 Å². The number of likely N-dealkylation sites (N-methyl/N-ethyl adjacent to an activating group) is 1. The molecule has 7 nitrogen and oxygen atoms in total. The molecule has 1 saturated carbocycles. The SMILES string of the molecule is CC(=O)Oc1cc(O)c2c3c1C[C@@H]1[C@@H]4CC[C@H](N(CC(C)C)C(=O)C#Cc5ccccc5)[C@H](O2)[C@]34CCN1C. The van der Waals surface area contributed by atoms with Crippen molar-refractivity contribution in [1.29, 1.82) is 0 Å². The van der Waals surface area contributed by atoms with E-state index in [9.17, 15) is 14.7 Å². The maximum Gasteiger partial charge on any atom is 0.308 e. The highest BCUT2D eigenvalue weighted by atomic mass is 16.5. The number of carbonyl (C=O) groups is 2. The van der Waals surface area contributed by atoms with Crippen LogP contribution >= 0.6 is 0 Å². The minimum atomic E-state index is -0.411. The van der Waals surface area contributed by atoms with E-state index in [0.717, 1.165) is 48.9 Å². The van der Waals surface area contributed by atoms with Crippen molar-refractivity contribution in [2.75, 3.05) is 20.1 Å². The summed E-state index contributed by atoms with van der Waals surface area (Å²) in [5, 5.41) is 11.1. The zero-order valence-corrected chi connectivity index (χ0v) is 23.1. The van der Waals surface area contributed by atoms with E-state index in [1.165, 1.54) is 13.0 Å². The number of nitrogens with zero attached hydrogens (tertiary/aromatic N) is 2. The van der Waals surface area contributed by atoms with Crippen LogP contribution in [0.4, 0.5) is 0 Å². The normalized spacial score (nSPS) is 28.1. The molecule has 1 saturated heterocycles. The third-order valence-electron chi connectivity index (χ3n) is 9.22. The van der Waals surface area contributed by atoms with E-state index in [0.29, 0.717) is 24.0 Å². The second kappa shape index (κ2) is 9.60. The highest BCUT2D eigenvalue weighted by Crippen LogP contribution is 2.65. The maximum atomic E-state index is 13.7. The van der Waals surface area contributed by atoms with Crippen molar-refractivity contribution < 1.29 is 24.2 Å². The van der Waals surface area contributed by atoms with Crippen LogP contribution in [0.15, 0.2) is 36.4 Å². The number of benzene rings is 2. The summed E-state index contributed by atoms with van der Waals surface area (Å²) < 4.78 is 12.4. The first-order chi connectivity index (χ1) is 18.7. The topological polar surface area (TPSA) is 79.3 Å². The largest absolute Gasteiger partial charge is 0.504 e. The Morgan fingerprint density at radius 2 is 2.03 bits per heavy atom. The first-order valence-corrected chi connectivity index (χ1v) is 14.0. The van der Waals surface area contributed by atoms with E-state index in [1.54, 1.807) is 0 Å². The van der Waals surface area contributed by atoms with E-state index < -0.39 is 5.97 Å². The average molecular weight is 529 g/mol. The van der Waals surface area contributed by atoms with Crippen LogP contribution in [0, 0.1) is 23.7 Å². The van der Waals surface area contributed by atoms with Gasteiger partial charge in [0.15, 0.2) is 11.5 Å². The van der Waals surface area contributed by atoms with Crippen molar-refractivity contribution in [2.45, 2.75) is 70.1 Å². The summed E-state index contributed by atoms with van der Waals surface area (Å²) in [6.45, 7) is 7.08. The molecule has 1 amide bonds. The van der Waals surface area contributed by atoms with Gasteiger partial charge in [0.25, 0.3) is 5.91 Å². The molecule has 2 aromatic rings. The molecule has 1 spiro atoms. The van der Waals surface area contributed by atoms with Crippen LogP contribution in [0.5, 0.6) is 17.2 Å². The number of ether oxygens (including phenoxy) is 2. The molecule has 39 heavy (non-hydrogen) atoms. The molecule has 6 rings (SSSR count). The zero-order chi connectivity index (χ0) is 27.5. The van der Waals surface area contributed by atoms with Crippen LogP contribution in [0.2, 0.25) is 0 Å². The lowest BCUT2D eigenvalue weighted by Crippen LogP contribution is -2.68. The van der Waals surface area contributed by atoms with Gasteiger partial charge < -0.3 is 24.4 Å². The number of piperidine rings is 1. The number of rotatable bonds is 4. The summed E-state index contributed by atoms with van der Waals surface area (Å²) in [5.74, 6) is 6.84. The van der Waals surface area contributed by atoms with Crippen molar-refractivity contribution in [3.05, 3.63) is 53.1 Å². The number of phenolic OH excluding ortho intramolecular Hbond substituents is 1. The molecule has 2 aromatic carbocycles. The average Bonchev–Trinajstić information content (AvgIpc) is 3.25. The number of esters is 1. The number of hydrogen-bond donors (Lipinski definition) is 1. The molecule has 2 heterocycles. The first kappa shape index (κ1) is 25.8. The summed E-state index contributed by atoms with van der Waals surface area (Å²) in [6, 6.07) is 11.2. The Hall–Kier alpha value is -3.50. The fourth-order valence-corrected chi connectivity index (χ4v) is 7.81. The van der Waals surface area contributed by atoms with Crippen molar-refractivity contribution in [3.63, 3.8) is 0 Å².